The number of nitrogens with zero attached hydrogens (tertiary/aromatic N) is 2. The molecule has 2 aliphatic heterocycles. The summed E-state index contributed by atoms with van der Waals surface area (Å²) >= 11 is 6.10. The highest BCUT2D eigenvalue weighted by Crippen LogP contribution is 2.28. The van der Waals surface area contributed by atoms with Crippen molar-refractivity contribution in [3.8, 4) is 5.75 Å². The summed E-state index contributed by atoms with van der Waals surface area (Å²) < 4.78 is 5.32. The maximum absolute atomic E-state index is 13.2. The summed E-state index contributed by atoms with van der Waals surface area (Å²) in [4.78, 5) is 41.6. The summed E-state index contributed by atoms with van der Waals surface area (Å²) in [6, 6.07) is 12.0. The number of methoxy groups -OCH3 is 1. The van der Waals surface area contributed by atoms with Gasteiger partial charge in [-0.15, -0.1) is 0 Å². The largest absolute Gasteiger partial charge is 0.496 e. The molecule has 0 spiro atoms. The average Bonchev–Trinajstić information content (AvgIpc) is 3.35. The maximum atomic E-state index is 13.2. The number of hydrogen-bond acceptors (Lipinski definition) is 5. The molecule has 8 nitrogen and oxygen atoms in total. The van der Waals surface area contributed by atoms with E-state index in [1.807, 2.05) is 24.3 Å². The number of piperidine rings is 1. The second-order valence-corrected chi connectivity index (χ2v) is 9.60. The van der Waals surface area contributed by atoms with Gasteiger partial charge >= 0.3 is 0 Å². The van der Waals surface area contributed by atoms with Gasteiger partial charge in [0.2, 0.25) is 11.8 Å². The molecule has 3 amide bonds. The molecule has 2 fully saturated rings. The number of carbonyl (C=O) groups is 3. The van der Waals surface area contributed by atoms with Crippen LogP contribution in [0.5, 0.6) is 5.75 Å². The Balaban J connectivity index is 1.38. The van der Waals surface area contributed by atoms with E-state index in [0.29, 0.717) is 41.5 Å². The van der Waals surface area contributed by atoms with Crippen molar-refractivity contribution in [1.29, 1.82) is 0 Å². The lowest BCUT2D eigenvalue weighted by atomic mass is 9.97. The molecule has 2 aromatic rings. The summed E-state index contributed by atoms with van der Waals surface area (Å²) in [6.07, 6.45) is 3.14. The third-order valence-corrected chi connectivity index (χ3v) is 6.98. The molecule has 0 aliphatic carbocycles. The lowest BCUT2D eigenvalue weighted by Crippen LogP contribution is -2.43. The maximum Gasteiger partial charge on any atom is 0.258 e. The molecule has 2 aliphatic rings. The van der Waals surface area contributed by atoms with Crippen molar-refractivity contribution in [2.75, 3.05) is 32.1 Å². The van der Waals surface area contributed by atoms with Gasteiger partial charge in [-0.1, -0.05) is 23.7 Å². The number of amides is 3. The molecule has 35 heavy (non-hydrogen) atoms. The number of anilines is 1. The highest BCUT2D eigenvalue weighted by molar-refractivity contribution is 6.31. The number of benzene rings is 2. The lowest BCUT2D eigenvalue weighted by molar-refractivity contribution is -0.123. The lowest BCUT2D eigenvalue weighted by Gasteiger charge is -2.31. The summed E-state index contributed by atoms with van der Waals surface area (Å²) in [5.41, 5.74) is 7.60. The van der Waals surface area contributed by atoms with Gasteiger partial charge in [0, 0.05) is 30.3 Å². The second-order valence-electron chi connectivity index (χ2n) is 9.16. The number of hydrogen-bond donors (Lipinski definition) is 2. The zero-order chi connectivity index (χ0) is 24.9. The average molecular weight is 499 g/mol. The zero-order valence-corrected chi connectivity index (χ0v) is 20.6. The molecule has 4 rings (SSSR count). The predicted octanol–water partition coefficient (Wildman–Crippen LogP) is 3.29. The Morgan fingerprint density at radius 3 is 2.54 bits per heavy atom. The number of rotatable bonds is 7. The summed E-state index contributed by atoms with van der Waals surface area (Å²) in [5.74, 6) is -0.387. The van der Waals surface area contributed by atoms with Gasteiger partial charge in [-0.05, 0) is 68.1 Å². The van der Waals surface area contributed by atoms with E-state index < -0.39 is 6.04 Å². The molecule has 2 saturated heterocycles. The van der Waals surface area contributed by atoms with E-state index in [-0.39, 0.29) is 23.6 Å². The minimum atomic E-state index is -0.565. The minimum Gasteiger partial charge on any atom is -0.496 e. The van der Waals surface area contributed by atoms with Crippen LogP contribution < -0.4 is 15.8 Å². The van der Waals surface area contributed by atoms with E-state index >= 15 is 0 Å². The Hall–Kier alpha value is -3.10. The number of primary amides is 1. The monoisotopic (exact) mass is 498 g/mol. The van der Waals surface area contributed by atoms with Gasteiger partial charge in [-0.3, -0.25) is 19.3 Å². The summed E-state index contributed by atoms with van der Waals surface area (Å²) in [5, 5.41) is 3.38. The molecule has 2 unspecified atom stereocenters. The van der Waals surface area contributed by atoms with Crippen LogP contribution >= 0.6 is 11.6 Å². The normalized spacial score (nSPS) is 20.5. The Bertz CT molecular complexity index is 1090. The minimum absolute atomic E-state index is 0.0914. The second kappa shape index (κ2) is 11.1. The molecular formula is C26H31ClN4O4. The van der Waals surface area contributed by atoms with Gasteiger partial charge in [0.1, 0.15) is 11.8 Å². The van der Waals surface area contributed by atoms with E-state index in [0.717, 1.165) is 37.9 Å². The molecule has 2 atom stereocenters. The van der Waals surface area contributed by atoms with Crippen molar-refractivity contribution in [3.05, 3.63) is 58.6 Å². The van der Waals surface area contributed by atoms with E-state index in [1.54, 1.807) is 23.1 Å². The molecular weight excluding hydrogens is 468 g/mol. The first-order valence-electron chi connectivity index (χ1n) is 11.9. The van der Waals surface area contributed by atoms with E-state index in [2.05, 4.69) is 10.2 Å². The molecule has 2 heterocycles. The van der Waals surface area contributed by atoms with Gasteiger partial charge in [0.05, 0.1) is 18.6 Å². The van der Waals surface area contributed by atoms with Crippen LogP contribution in [0.3, 0.4) is 0 Å². The van der Waals surface area contributed by atoms with Crippen molar-refractivity contribution in [1.82, 2.24) is 9.80 Å². The predicted molar refractivity (Wildman–Crippen MR) is 134 cm³/mol. The number of nitrogens with two attached hydrogens (primary N) is 1. The van der Waals surface area contributed by atoms with Crippen molar-refractivity contribution >= 4 is 35.0 Å². The fourth-order valence-corrected chi connectivity index (χ4v) is 5.07. The first-order chi connectivity index (χ1) is 16.9. The molecule has 9 heteroatoms. The Kier molecular flexibility index (Phi) is 7.93. The van der Waals surface area contributed by atoms with Crippen LogP contribution in [-0.4, -0.2) is 60.3 Å². The number of likely N-dealkylation sites (tertiary alicyclic amines) is 2. The highest BCUT2D eigenvalue weighted by atomic mass is 35.5. The van der Waals surface area contributed by atoms with Crippen LogP contribution in [0.2, 0.25) is 5.02 Å². The van der Waals surface area contributed by atoms with Crippen LogP contribution in [0, 0.1) is 5.92 Å². The van der Waals surface area contributed by atoms with Crippen LogP contribution in [0.1, 0.15) is 41.6 Å². The Morgan fingerprint density at radius 2 is 1.83 bits per heavy atom. The van der Waals surface area contributed by atoms with Crippen LogP contribution in [-0.2, 0) is 16.1 Å². The first kappa shape index (κ1) is 25.0. The van der Waals surface area contributed by atoms with Crippen molar-refractivity contribution < 1.29 is 19.1 Å². The Labute approximate surface area is 210 Å². The summed E-state index contributed by atoms with van der Waals surface area (Å²) in [7, 11) is 1.50. The molecule has 186 valence electrons. The molecule has 0 aromatic heterocycles. The quantitative estimate of drug-likeness (QED) is 0.609. The molecule has 2 aromatic carbocycles. The highest BCUT2D eigenvalue weighted by Gasteiger charge is 2.35. The van der Waals surface area contributed by atoms with E-state index in [9.17, 15) is 14.4 Å². The van der Waals surface area contributed by atoms with Gasteiger partial charge in [-0.2, -0.15) is 0 Å². The number of ether oxygens (including phenoxy) is 1. The fourth-order valence-electron chi connectivity index (χ4n) is 4.89. The molecule has 0 bridgehead atoms. The SMILES string of the molecule is COc1ccc(Cl)cc1C(=O)N1CCCC1C(=O)Nc1ccc(CN2CCCC(C(N)=O)C2)cc1. The molecule has 0 radical (unpaired) electrons. The van der Waals surface area contributed by atoms with E-state index in [1.165, 1.54) is 7.11 Å². The summed E-state index contributed by atoms with van der Waals surface area (Å²) in [6.45, 7) is 2.83. The van der Waals surface area contributed by atoms with Crippen molar-refractivity contribution in [2.24, 2.45) is 11.7 Å². The van der Waals surface area contributed by atoms with Gasteiger partial charge in [-0.25, -0.2) is 0 Å². The smallest absolute Gasteiger partial charge is 0.258 e. The van der Waals surface area contributed by atoms with Crippen LogP contribution in [0.15, 0.2) is 42.5 Å². The molecule has 0 saturated carbocycles. The molecule has 3 N–H and O–H groups in total. The van der Waals surface area contributed by atoms with Gasteiger partial charge in [0.25, 0.3) is 5.91 Å². The third-order valence-electron chi connectivity index (χ3n) is 6.74. The topological polar surface area (TPSA) is 105 Å². The first-order valence-corrected chi connectivity index (χ1v) is 12.3. The standard InChI is InChI=1S/C26H31ClN4O4/c1-35-23-11-8-19(27)14-21(23)26(34)31-13-3-5-22(31)25(33)29-20-9-6-17(7-10-20)15-30-12-2-4-18(16-30)24(28)32/h6-11,14,18,22H,2-5,12-13,15-16H2,1H3,(H2,28,32)(H,29,33). The fraction of sp³-hybridized carbons (Fsp3) is 0.423. The Morgan fingerprint density at radius 1 is 1.09 bits per heavy atom. The zero-order valence-electron chi connectivity index (χ0n) is 19.8. The third kappa shape index (κ3) is 5.94. The van der Waals surface area contributed by atoms with Crippen LogP contribution in [0.25, 0.3) is 0 Å². The van der Waals surface area contributed by atoms with Crippen LogP contribution in [0.4, 0.5) is 5.69 Å². The van der Waals surface area contributed by atoms with Gasteiger partial charge in [0.15, 0.2) is 0 Å². The number of nitrogens with one attached hydrogen (secondary N) is 1. The van der Waals surface area contributed by atoms with Crippen molar-refractivity contribution in [2.45, 2.75) is 38.3 Å². The number of carbonyl (C=O) groups excluding carboxylic acids is 3. The van der Waals surface area contributed by atoms with Gasteiger partial charge < -0.3 is 20.7 Å². The van der Waals surface area contributed by atoms with E-state index in [4.69, 9.17) is 22.1 Å². The number of halogens is 1. The van der Waals surface area contributed by atoms with Crippen molar-refractivity contribution in [3.63, 3.8) is 0 Å².